The van der Waals surface area contributed by atoms with Gasteiger partial charge in [0.2, 0.25) is 0 Å². The third-order valence-corrected chi connectivity index (χ3v) is 2.90. The number of amides is 2. The number of carbonyl (C=O) groups is 2. The Labute approximate surface area is 116 Å². The number of urea groups is 1. The lowest BCUT2D eigenvalue weighted by molar-refractivity contribution is -0.137. The van der Waals surface area contributed by atoms with E-state index in [0.29, 0.717) is 19.5 Å². The van der Waals surface area contributed by atoms with Crippen LogP contribution in [0.1, 0.15) is 26.2 Å². The first-order valence-corrected chi connectivity index (χ1v) is 6.75. The van der Waals surface area contributed by atoms with Gasteiger partial charge in [-0.1, -0.05) is 0 Å². The first-order valence-electron chi connectivity index (χ1n) is 6.75. The Morgan fingerprint density at radius 1 is 1.00 bits per heavy atom. The molecule has 6 heteroatoms. The predicted octanol–water partition coefficient (Wildman–Crippen LogP) is 1.18. The number of hydrogen-bond donors (Lipinski definition) is 1. The quantitative estimate of drug-likeness (QED) is 0.685. The van der Waals surface area contributed by atoms with Crippen molar-refractivity contribution in [1.82, 2.24) is 14.7 Å². The fraction of sp³-hybridized carbons (Fsp3) is 0.846. The van der Waals surface area contributed by atoms with Crippen molar-refractivity contribution >= 4 is 12.0 Å². The van der Waals surface area contributed by atoms with Crippen molar-refractivity contribution in [1.29, 1.82) is 0 Å². The van der Waals surface area contributed by atoms with E-state index in [9.17, 15) is 9.59 Å². The molecule has 0 saturated carbocycles. The van der Waals surface area contributed by atoms with E-state index in [1.54, 1.807) is 16.8 Å². The molecule has 0 fully saturated rings. The van der Waals surface area contributed by atoms with Gasteiger partial charge in [-0.2, -0.15) is 0 Å². The Morgan fingerprint density at radius 3 is 2.11 bits per heavy atom. The van der Waals surface area contributed by atoms with Crippen LogP contribution in [0.3, 0.4) is 0 Å². The van der Waals surface area contributed by atoms with Crippen LogP contribution in [0.2, 0.25) is 0 Å². The second kappa shape index (κ2) is 9.61. The van der Waals surface area contributed by atoms with Crippen molar-refractivity contribution in [2.24, 2.45) is 0 Å². The Hall–Kier alpha value is -1.30. The van der Waals surface area contributed by atoms with Crippen molar-refractivity contribution in [2.75, 3.05) is 47.3 Å². The molecule has 0 heterocycles. The van der Waals surface area contributed by atoms with E-state index in [1.165, 1.54) is 0 Å². The molecule has 0 spiro atoms. The summed E-state index contributed by atoms with van der Waals surface area (Å²) >= 11 is 0. The summed E-state index contributed by atoms with van der Waals surface area (Å²) in [6.07, 6.45) is 1.53. The lowest BCUT2D eigenvalue weighted by Crippen LogP contribution is -2.42. The molecule has 0 unspecified atom stereocenters. The second-order valence-electron chi connectivity index (χ2n) is 4.94. The molecule has 112 valence electrons. The number of rotatable bonds is 9. The first-order chi connectivity index (χ1) is 8.88. The van der Waals surface area contributed by atoms with Gasteiger partial charge >= 0.3 is 12.0 Å². The first kappa shape index (κ1) is 17.7. The van der Waals surface area contributed by atoms with Crippen LogP contribution >= 0.6 is 0 Å². The van der Waals surface area contributed by atoms with Crippen LogP contribution in [0.4, 0.5) is 4.79 Å². The minimum Gasteiger partial charge on any atom is -0.481 e. The summed E-state index contributed by atoms with van der Waals surface area (Å²) in [5, 5.41) is 8.57. The topological polar surface area (TPSA) is 64.1 Å². The normalized spacial score (nSPS) is 10.6. The van der Waals surface area contributed by atoms with Gasteiger partial charge in [-0.3, -0.25) is 4.79 Å². The van der Waals surface area contributed by atoms with Crippen LogP contribution in [-0.2, 0) is 4.79 Å². The van der Waals surface area contributed by atoms with E-state index in [1.807, 2.05) is 21.0 Å². The molecule has 6 nitrogen and oxygen atoms in total. The van der Waals surface area contributed by atoms with Gasteiger partial charge in [-0.05, 0) is 40.4 Å². The summed E-state index contributed by atoms with van der Waals surface area (Å²) in [6, 6.07) is -0.0216. The van der Waals surface area contributed by atoms with Crippen molar-refractivity contribution in [3.05, 3.63) is 0 Å². The Kier molecular flexibility index (Phi) is 8.95. The Morgan fingerprint density at radius 2 is 1.63 bits per heavy atom. The summed E-state index contributed by atoms with van der Waals surface area (Å²) in [7, 11) is 5.74. The number of carboxylic acids is 1. The standard InChI is InChI=1S/C13H27N3O3/c1-5-16(11-7-9-14(2)3)13(19)15(4)10-6-8-12(17)18/h5-11H2,1-4H3,(H,17,18). The van der Waals surface area contributed by atoms with Gasteiger partial charge < -0.3 is 19.8 Å². The highest BCUT2D eigenvalue weighted by Crippen LogP contribution is 2.01. The number of nitrogens with zero attached hydrogens (tertiary/aromatic N) is 3. The average molecular weight is 273 g/mol. The number of carboxylic acid groups (broad SMARTS) is 1. The lowest BCUT2D eigenvalue weighted by atomic mass is 10.3. The fourth-order valence-corrected chi connectivity index (χ4v) is 1.77. The summed E-state index contributed by atoms with van der Waals surface area (Å²) in [6.45, 7) is 4.80. The zero-order valence-electron chi connectivity index (χ0n) is 12.6. The lowest BCUT2D eigenvalue weighted by Gasteiger charge is -2.27. The van der Waals surface area contributed by atoms with Crippen LogP contribution in [-0.4, -0.2) is 79.1 Å². The molecule has 0 aliphatic rings. The predicted molar refractivity (Wildman–Crippen MR) is 75.3 cm³/mol. The average Bonchev–Trinajstić information content (AvgIpc) is 2.33. The number of carbonyl (C=O) groups excluding carboxylic acids is 1. The summed E-state index contributed by atoms with van der Waals surface area (Å²) < 4.78 is 0. The van der Waals surface area contributed by atoms with Gasteiger partial charge in [0.15, 0.2) is 0 Å². The van der Waals surface area contributed by atoms with Gasteiger partial charge in [-0.25, -0.2) is 4.79 Å². The molecule has 0 rings (SSSR count). The van der Waals surface area contributed by atoms with Crippen molar-refractivity contribution < 1.29 is 14.7 Å². The van der Waals surface area contributed by atoms with Gasteiger partial charge in [0.1, 0.15) is 0 Å². The minimum atomic E-state index is -0.820. The third kappa shape index (κ3) is 8.42. The fourth-order valence-electron chi connectivity index (χ4n) is 1.77. The van der Waals surface area contributed by atoms with E-state index in [0.717, 1.165) is 19.5 Å². The van der Waals surface area contributed by atoms with Crippen molar-refractivity contribution in [2.45, 2.75) is 26.2 Å². The van der Waals surface area contributed by atoms with Crippen LogP contribution in [0.25, 0.3) is 0 Å². The van der Waals surface area contributed by atoms with E-state index in [4.69, 9.17) is 5.11 Å². The molecule has 0 saturated heterocycles. The summed E-state index contributed by atoms with van der Waals surface area (Å²) in [5.74, 6) is -0.820. The SMILES string of the molecule is CCN(CCCN(C)C)C(=O)N(C)CCCC(=O)O. The van der Waals surface area contributed by atoms with E-state index < -0.39 is 5.97 Å². The molecule has 0 atom stereocenters. The van der Waals surface area contributed by atoms with Crippen LogP contribution in [0.15, 0.2) is 0 Å². The highest BCUT2D eigenvalue weighted by molar-refractivity contribution is 5.74. The van der Waals surface area contributed by atoms with E-state index in [2.05, 4.69) is 4.90 Å². The highest BCUT2D eigenvalue weighted by Gasteiger charge is 2.16. The molecule has 0 aromatic heterocycles. The summed E-state index contributed by atoms with van der Waals surface area (Å²) in [5.41, 5.74) is 0. The van der Waals surface area contributed by atoms with E-state index in [-0.39, 0.29) is 12.5 Å². The maximum atomic E-state index is 12.1. The monoisotopic (exact) mass is 273 g/mol. The molecule has 0 bridgehead atoms. The molecule has 0 radical (unpaired) electrons. The largest absolute Gasteiger partial charge is 0.481 e. The molecule has 0 aromatic rings. The maximum Gasteiger partial charge on any atom is 0.319 e. The zero-order valence-corrected chi connectivity index (χ0v) is 12.6. The van der Waals surface area contributed by atoms with Crippen molar-refractivity contribution in [3.63, 3.8) is 0 Å². The Bertz CT molecular complexity index is 282. The molecular weight excluding hydrogens is 246 g/mol. The van der Waals surface area contributed by atoms with Crippen molar-refractivity contribution in [3.8, 4) is 0 Å². The molecule has 0 aliphatic heterocycles. The molecule has 1 N–H and O–H groups in total. The molecule has 0 aliphatic carbocycles. The van der Waals surface area contributed by atoms with Crippen LogP contribution < -0.4 is 0 Å². The zero-order chi connectivity index (χ0) is 14.8. The van der Waals surface area contributed by atoms with Gasteiger partial charge in [0.25, 0.3) is 0 Å². The van der Waals surface area contributed by atoms with Crippen LogP contribution in [0.5, 0.6) is 0 Å². The molecule has 0 aromatic carbocycles. The molecule has 19 heavy (non-hydrogen) atoms. The van der Waals surface area contributed by atoms with Gasteiger partial charge in [0, 0.05) is 33.1 Å². The minimum absolute atomic E-state index is 0.0216. The smallest absolute Gasteiger partial charge is 0.319 e. The van der Waals surface area contributed by atoms with Crippen LogP contribution in [0, 0.1) is 0 Å². The van der Waals surface area contributed by atoms with E-state index >= 15 is 0 Å². The Balaban J connectivity index is 4.06. The summed E-state index contributed by atoms with van der Waals surface area (Å²) in [4.78, 5) is 28.0. The molecular formula is C13H27N3O3. The number of aliphatic carboxylic acids is 1. The number of hydrogen-bond acceptors (Lipinski definition) is 3. The highest BCUT2D eigenvalue weighted by atomic mass is 16.4. The second-order valence-corrected chi connectivity index (χ2v) is 4.94. The maximum absolute atomic E-state index is 12.1. The third-order valence-electron chi connectivity index (χ3n) is 2.90. The molecule has 2 amide bonds. The van der Waals surface area contributed by atoms with Gasteiger partial charge in [-0.15, -0.1) is 0 Å². The van der Waals surface area contributed by atoms with Gasteiger partial charge in [0.05, 0.1) is 0 Å².